The Bertz CT molecular complexity index is 568. The van der Waals surface area contributed by atoms with Gasteiger partial charge >= 0.3 is 0 Å². The van der Waals surface area contributed by atoms with Crippen LogP contribution < -0.4 is 10.6 Å². The summed E-state index contributed by atoms with van der Waals surface area (Å²) in [4.78, 5) is 14.8. The SMILES string of the molecule is CC1CCCCN1Cc1ccccc1CNC(=O)CC1COCCN1.Cl.Cl. The molecule has 0 saturated carbocycles. The Kier molecular flexibility index (Phi) is 11.3. The highest BCUT2D eigenvalue weighted by molar-refractivity contribution is 5.85. The van der Waals surface area contributed by atoms with E-state index in [9.17, 15) is 4.79 Å². The molecule has 0 aliphatic carbocycles. The highest BCUT2D eigenvalue weighted by atomic mass is 35.5. The Labute approximate surface area is 175 Å². The number of carbonyl (C=O) groups excluding carboxylic acids is 1. The maximum Gasteiger partial charge on any atom is 0.221 e. The lowest BCUT2D eigenvalue weighted by Gasteiger charge is -2.33. The number of carbonyl (C=O) groups is 1. The first kappa shape index (κ1) is 24.2. The van der Waals surface area contributed by atoms with Crippen molar-refractivity contribution in [3.05, 3.63) is 35.4 Å². The van der Waals surface area contributed by atoms with Gasteiger partial charge in [-0.15, -0.1) is 24.8 Å². The van der Waals surface area contributed by atoms with Crippen LogP contribution >= 0.6 is 24.8 Å². The second kappa shape index (κ2) is 12.6. The van der Waals surface area contributed by atoms with Crippen LogP contribution in [0.5, 0.6) is 0 Å². The first-order chi connectivity index (χ1) is 12.2. The molecule has 5 nitrogen and oxygen atoms in total. The summed E-state index contributed by atoms with van der Waals surface area (Å²) in [7, 11) is 0. The van der Waals surface area contributed by atoms with Gasteiger partial charge in [0.2, 0.25) is 5.91 Å². The normalized spacial score (nSPS) is 23.0. The van der Waals surface area contributed by atoms with Crippen LogP contribution in [0.25, 0.3) is 0 Å². The lowest BCUT2D eigenvalue weighted by Crippen LogP contribution is -2.44. The molecule has 27 heavy (non-hydrogen) atoms. The molecule has 154 valence electrons. The summed E-state index contributed by atoms with van der Waals surface area (Å²) in [5.74, 6) is 0.0872. The van der Waals surface area contributed by atoms with E-state index in [2.05, 4.69) is 46.7 Å². The van der Waals surface area contributed by atoms with E-state index in [0.29, 0.717) is 25.6 Å². The molecule has 1 amide bonds. The van der Waals surface area contributed by atoms with Crippen LogP contribution in [0.1, 0.15) is 43.7 Å². The van der Waals surface area contributed by atoms with Crippen molar-refractivity contribution in [2.75, 3.05) is 26.3 Å². The third-order valence-electron chi connectivity index (χ3n) is 5.34. The molecule has 1 aromatic rings. The Morgan fingerprint density at radius 2 is 2.04 bits per heavy atom. The Morgan fingerprint density at radius 1 is 1.26 bits per heavy atom. The second-order valence-electron chi connectivity index (χ2n) is 7.29. The van der Waals surface area contributed by atoms with Crippen LogP contribution in [-0.4, -0.2) is 49.2 Å². The van der Waals surface area contributed by atoms with E-state index in [4.69, 9.17) is 4.74 Å². The fourth-order valence-corrected chi connectivity index (χ4v) is 3.74. The molecule has 0 radical (unpaired) electrons. The van der Waals surface area contributed by atoms with Gasteiger partial charge in [0.05, 0.1) is 13.2 Å². The maximum atomic E-state index is 12.2. The number of ether oxygens (including phenoxy) is 1. The van der Waals surface area contributed by atoms with Gasteiger partial charge < -0.3 is 15.4 Å². The topological polar surface area (TPSA) is 53.6 Å². The van der Waals surface area contributed by atoms with E-state index in [1.54, 1.807) is 0 Å². The highest BCUT2D eigenvalue weighted by Crippen LogP contribution is 2.20. The van der Waals surface area contributed by atoms with Gasteiger partial charge in [-0.3, -0.25) is 9.69 Å². The summed E-state index contributed by atoms with van der Waals surface area (Å²) in [6.07, 6.45) is 4.40. The van der Waals surface area contributed by atoms with Gasteiger partial charge in [0, 0.05) is 38.1 Å². The van der Waals surface area contributed by atoms with Crippen molar-refractivity contribution in [2.45, 2.75) is 57.8 Å². The zero-order valence-electron chi connectivity index (χ0n) is 16.1. The fraction of sp³-hybridized carbons (Fsp3) is 0.650. The number of halogens is 2. The molecule has 2 N–H and O–H groups in total. The Hall–Kier alpha value is -0.850. The van der Waals surface area contributed by atoms with Crippen molar-refractivity contribution < 1.29 is 9.53 Å². The van der Waals surface area contributed by atoms with Crippen molar-refractivity contribution in [2.24, 2.45) is 0 Å². The smallest absolute Gasteiger partial charge is 0.221 e. The molecule has 0 spiro atoms. The van der Waals surface area contributed by atoms with Gasteiger partial charge in [-0.25, -0.2) is 0 Å². The number of rotatable bonds is 6. The minimum absolute atomic E-state index is 0. The Balaban J connectivity index is 0.00000182. The number of likely N-dealkylation sites (tertiary alicyclic amines) is 1. The van der Waals surface area contributed by atoms with Crippen LogP contribution in [-0.2, 0) is 22.6 Å². The molecule has 3 rings (SSSR count). The minimum Gasteiger partial charge on any atom is -0.378 e. The number of hydrogen-bond acceptors (Lipinski definition) is 4. The van der Waals surface area contributed by atoms with Crippen LogP contribution in [0.3, 0.4) is 0 Å². The van der Waals surface area contributed by atoms with Gasteiger partial charge in [-0.1, -0.05) is 30.7 Å². The first-order valence-corrected chi connectivity index (χ1v) is 9.61. The van der Waals surface area contributed by atoms with Crippen molar-refractivity contribution in [1.29, 1.82) is 0 Å². The number of hydrogen-bond donors (Lipinski definition) is 2. The van der Waals surface area contributed by atoms with E-state index in [1.807, 2.05) is 0 Å². The number of amides is 1. The van der Waals surface area contributed by atoms with E-state index in [-0.39, 0.29) is 36.8 Å². The third kappa shape index (κ3) is 7.59. The standard InChI is InChI=1S/C20H31N3O2.2ClH/c1-16-6-4-5-10-23(16)14-18-8-3-2-7-17(18)13-22-20(24)12-19-15-25-11-9-21-19;;/h2-3,7-8,16,19,21H,4-6,9-15H2,1H3,(H,22,24);2*1H. The average molecular weight is 418 g/mol. The van der Waals surface area contributed by atoms with Crippen molar-refractivity contribution in [3.63, 3.8) is 0 Å². The van der Waals surface area contributed by atoms with Gasteiger partial charge in [0.25, 0.3) is 0 Å². The summed E-state index contributed by atoms with van der Waals surface area (Å²) >= 11 is 0. The predicted molar refractivity (Wildman–Crippen MR) is 114 cm³/mol. The first-order valence-electron chi connectivity index (χ1n) is 9.61. The number of morpholine rings is 1. The van der Waals surface area contributed by atoms with Gasteiger partial charge in [0.15, 0.2) is 0 Å². The molecule has 0 bridgehead atoms. The van der Waals surface area contributed by atoms with Crippen molar-refractivity contribution in [3.8, 4) is 0 Å². The lowest BCUT2D eigenvalue weighted by atomic mass is 10.0. The molecule has 2 saturated heterocycles. The molecule has 2 fully saturated rings. The largest absolute Gasteiger partial charge is 0.378 e. The molecule has 2 heterocycles. The molecule has 2 atom stereocenters. The fourth-order valence-electron chi connectivity index (χ4n) is 3.74. The van der Waals surface area contributed by atoms with E-state index in [0.717, 1.165) is 19.7 Å². The number of nitrogens with one attached hydrogen (secondary N) is 2. The summed E-state index contributed by atoms with van der Waals surface area (Å²) in [5, 5.41) is 6.41. The average Bonchev–Trinajstić information content (AvgIpc) is 2.64. The van der Waals surface area contributed by atoms with Crippen LogP contribution in [0.2, 0.25) is 0 Å². The van der Waals surface area contributed by atoms with E-state index in [1.165, 1.54) is 36.9 Å². The predicted octanol–water partition coefficient (Wildman–Crippen LogP) is 2.90. The highest BCUT2D eigenvalue weighted by Gasteiger charge is 2.20. The lowest BCUT2D eigenvalue weighted by molar-refractivity contribution is -0.122. The minimum atomic E-state index is 0. The zero-order valence-corrected chi connectivity index (χ0v) is 17.7. The maximum absolute atomic E-state index is 12.2. The van der Waals surface area contributed by atoms with Gasteiger partial charge in [0.1, 0.15) is 0 Å². The van der Waals surface area contributed by atoms with E-state index < -0.39 is 0 Å². The molecule has 1 aromatic carbocycles. The van der Waals surface area contributed by atoms with E-state index >= 15 is 0 Å². The monoisotopic (exact) mass is 417 g/mol. The molecule has 7 heteroatoms. The molecular formula is C20H33Cl2N3O2. The molecule has 2 aliphatic heterocycles. The van der Waals surface area contributed by atoms with Crippen LogP contribution in [0.4, 0.5) is 0 Å². The van der Waals surface area contributed by atoms with Crippen molar-refractivity contribution in [1.82, 2.24) is 15.5 Å². The summed E-state index contributed by atoms with van der Waals surface area (Å²) in [6.45, 7) is 7.26. The molecule has 2 aliphatic rings. The Morgan fingerprint density at radius 3 is 2.74 bits per heavy atom. The third-order valence-corrected chi connectivity index (χ3v) is 5.34. The van der Waals surface area contributed by atoms with Gasteiger partial charge in [-0.05, 0) is 37.4 Å². The molecule has 2 unspecified atom stereocenters. The summed E-state index contributed by atoms with van der Waals surface area (Å²) < 4.78 is 5.41. The van der Waals surface area contributed by atoms with Crippen LogP contribution in [0, 0.1) is 0 Å². The molecule has 0 aromatic heterocycles. The molecular weight excluding hydrogens is 385 g/mol. The summed E-state index contributed by atoms with van der Waals surface area (Å²) in [6, 6.07) is 9.26. The quantitative estimate of drug-likeness (QED) is 0.746. The number of piperidine rings is 1. The summed E-state index contributed by atoms with van der Waals surface area (Å²) in [5.41, 5.74) is 2.55. The zero-order chi connectivity index (χ0) is 17.5. The van der Waals surface area contributed by atoms with Gasteiger partial charge in [-0.2, -0.15) is 0 Å². The number of nitrogens with zero attached hydrogens (tertiary/aromatic N) is 1. The van der Waals surface area contributed by atoms with Crippen LogP contribution in [0.15, 0.2) is 24.3 Å². The number of benzene rings is 1. The van der Waals surface area contributed by atoms with Crippen molar-refractivity contribution >= 4 is 30.7 Å². The second-order valence-corrected chi connectivity index (χ2v) is 7.29.